The Kier molecular flexibility index (Phi) is 7.29. The lowest BCUT2D eigenvalue weighted by atomic mass is 10.2. The molecule has 0 unspecified atom stereocenters. The fourth-order valence-corrected chi connectivity index (χ4v) is 2.21. The molecule has 0 saturated carbocycles. The average molecular weight is 391 g/mol. The summed E-state index contributed by atoms with van der Waals surface area (Å²) in [7, 11) is 0. The second kappa shape index (κ2) is 9.72. The maximum absolute atomic E-state index is 11.7. The van der Waals surface area contributed by atoms with Gasteiger partial charge in [-0.05, 0) is 36.8 Å². The van der Waals surface area contributed by atoms with Crippen LogP contribution in [0.3, 0.4) is 0 Å². The number of ether oxygens (including phenoxy) is 2. The predicted octanol–water partition coefficient (Wildman–Crippen LogP) is 3.77. The number of para-hydroxylation sites is 1. The van der Waals surface area contributed by atoms with Gasteiger partial charge in [0.15, 0.2) is 6.61 Å². The van der Waals surface area contributed by atoms with Crippen LogP contribution in [0, 0.1) is 0 Å². The van der Waals surface area contributed by atoms with E-state index in [0.29, 0.717) is 12.4 Å². The smallest absolute Gasteiger partial charge is 0.277 e. The number of amides is 1. The molecule has 2 rings (SSSR count). The van der Waals surface area contributed by atoms with Crippen LogP contribution in [0.5, 0.6) is 11.5 Å². The molecule has 2 aromatic rings. The lowest BCUT2D eigenvalue weighted by Crippen LogP contribution is -2.24. The van der Waals surface area contributed by atoms with E-state index in [1.54, 1.807) is 18.3 Å². The van der Waals surface area contributed by atoms with Gasteiger partial charge in [-0.1, -0.05) is 41.1 Å². The number of hydrogen-bond acceptors (Lipinski definition) is 4. The molecule has 5 nitrogen and oxygen atoms in total. The number of benzene rings is 2. The summed E-state index contributed by atoms with van der Waals surface area (Å²) in [6.45, 7) is 2.57. The average Bonchev–Trinajstić information content (AvgIpc) is 2.60. The summed E-state index contributed by atoms with van der Waals surface area (Å²) in [6, 6.07) is 14.8. The second-order valence-corrected chi connectivity index (χ2v) is 5.84. The van der Waals surface area contributed by atoms with Crippen molar-refractivity contribution in [3.05, 3.63) is 58.6 Å². The van der Waals surface area contributed by atoms with Gasteiger partial charge in [-0.25, -0.2) is 5.43 Å². The van der Waals surface area contributed by atoms with E-state index in [-0.39, 0.29) is 12.5 Å². The van der Waals surface area contributed by atoms with Gasteiger partial charge in [-0.2, -0.15) is 5.10 Å². The molecular formula is C18H19BrN2O3. The monoisotopic (exact) mass is 390 g/mol. The van der Waals surface area contributed by atoms with Crippen LogP contribution < -0.4 is 14.9 Å². The zero-order chi connectivity index (χ0) is 17.2. The third-order valence-corrected chi connectivity index (χ3v) is 3.43. The molecule has 1 amide bonds. The van der Waals surface area contributed by atoms with Gasteiger partial charge < -0.3 is 9.47 Å². The zero-order valence-electron chi connectivity index (χ0n) is 13.4. The molecule has 1 N–H and O–H groups in total. The molecule has 0 aromatic heterocycles. The third-order valence-electron chi connectivity index (χ3n) is 2.94. The Morgan fingerprint density at radius 3 is 2.75 bits per heavy atom. The minimum absolute atomic E-state index is 0.0982. The molecule has 0 atom stereocenters. The summed E-state index contributed by atoms with van der Waals surface area (Å²) in [4.78, 5) is 11.7. The second-order valence-electron chi connectivity index (χ2n) is 4.93. The third kappa shape index (κ3) is 6.04. The molecule has 2 aromatic carbocycles. The fraction of sp³-hybridized carbons (Fsp3) is 0.222. The van der Waals surface area contributed by atoms with Gasteiger partial charge in [0.2, 0.25) is 0 Å². The summed E-state index contributed by atoms with van der Waals surface area (Å²) in [5.74, 6) is 1.03. The van der Waals surface area contributed by atoms with Crippen LogP contribution in [0.1, 0.15) is 18.9 Å². The van der Waals surface area contributed by atoms with Crippen molar-refractivity contribution >= 4 is 28.1 Å². The summed E-state index contributed by atoms with van der Waals surface area (Å²) >= 11 is 3.41. The first kappa shape index (κ1) is 18.0. The van der Waals surface area contributed by atoms with Crippen LogP contribution >= 0.6 is 15.9 Å². The highest BCUT2D eigenvalue weighted by Crippen LogP contribution is 2.21. The molecule has 0 aliphatic rings. The van der Waals surface area contributed by atoms with Crippen LogP contribution in [0.4, 0.5) is 0 Å². The maximum Gasteiger partial charge on any atom is 0.277 e. The van der Waals surface area contributed by atoms with Crippen molar-refractivity contribution in [3.63, 3.8) is 0 Å². The first-order valence-electron chi connectivity index (χ1n) is 7.61. The highest BCUT2D eigenvalue weighted by molar-refractivity contribution is 9.10. The maximum atomic E-state index is 11.7. The Hall–Kier alpha value is -2.34. The van der Waals surface area contributed by atoms with Crippen molar-refractivity contribution in [2.24, 2.45) is 5.10 Å². The molecule has 0 aliphatic heterocycles. The largest absolute Gasteiger partial charge is 0.493 e. The van der Waals surface area contributed by atoms with Crippen LogP contribution in [-0.2, 0) is 4.79 Å². The Morgan fingerprint density at radius 1 is 1.21 bits per heavy atom. The molecule has 0 saturated heterocycles. The van der Waals surface area contributed by atoms with Crippen molar-refractivity contribution in [3.8, 4) is 11.5 Å². The molecule has 0 radical (unpaired) electrons. The van der Waals surface area contributed by atoms with Gasteiger partial charge in [-0.3, -0.25) is 4.79 Å². The van der Waals surface area contributed by atoms with E-state index < -0.39 is 0 Å². The molecule has 0 fully saturated rings. The minimum atomic E-state index is -0.332. The van der Waals surface area contributed by atoms with Gasteiger partial charge in [0.25, 0.3) is 5.91 Å². The summed E-state index contributed by atoms with van der Waals surface area (Å²) in [5, 5.41) is 3.96. The Labute approximate surface area is 149 Å². The van der Waals surface area contributed by atoms with Crippen molar-refractivity contribution in [1.82, 2.24) is 5.43 Å². The van der Waals surface area contributed by atoms with E-state index in [9.17, 15) is 4.79 Å². The SMILES string of the molecule is CCCOc1ccc(Br)cc1/C=N\NC(=O)COc1ccccc1. The molecule has 0 bridgehead atoms. The topological polar surface area (TPSA) is 59.9 Å². The van der Waals surface area contributed by atoms with Crippen LogP contribution in [0.15, 0.2) is 58.1 Å². The number of carbonyl (C=O) groups is 1. The first-order chi connectivity index (χ1) is 11.7. The normalized spacial score (nSPS) is 10.6. The number of nitrogens with one attached hydrogen (secondary N) is 1. The predicted molar refractivity (Wildman–Crippen MR) is 97.6 cm³/mol. The van der Waals surface area contributed by atoms with Crippen LogP contribution in [0.2, 0.25) is 0 Å². The molecule has 0 aliphatic carbocycles. The fourth-order valence-electron chi connectivity index (χ4n) is 1.84. The van der Waals surface area contributed by atoms with Gasteiger partial charge in [-0.15, -0.1) is 0 Å². The van der Waals surface area contributed by atoms with E-state index >= 15 is 0 Å². The van der Waals surface area contributed by atoms with Crippen molar-refractivity contribution in [1.29, 1.82) is 0 Å². The van der Waals surface area contributed by atoms with Gasteiger partial charge in [0, 0.05) is 10.0 Å². The quantitative estimate of drug-likeness (QED) is 0.551. The van der Waals surface area contributed by atoms with Gasteiger partial charge >= 0.3 is 0 Å². The molecule has 126 valence electrons. The van der Waals surface area contributed by atoms with E-state index in [1.165, 1.54) is 0 Å². The summed E-state index contributed by atoms with van der Waals surface area (Å²) in [6.07, 6.45) is 2.47. The zero-order valence-corrected chi connectivity index (χ0v) is 15.0. The Bertz CT molecular complexity index is 690. The number of rotatable bonds is 8. The van der Waals surface area contributed by atoms with Crippen LogP contribution in [-0.4, -0.2) is 25.3 Å². The van der Waals surface area contributed by atoms with E-state index in [0.717, 1.165) is 22.2 Å². The standard InChI is InChI=1S/C18H19BrN2O3/c1-2-10-23-17-9-8-15(19)11-14(17)12-20-21-18(22)13-24-16-6-4-3-5-7-16/h3-9,11-12H,2,10,13H2,1H3,(H,21,22)/b20-12-. The highest BCUT2D eigenvalue weighted by Gasteiger charge is 2.04. The number of carbonyl (C=O) groups excluding carboxylic acids is 1. The van der Waals surface area contributed by atoms with E-state index in [1.807, 2.05) is 43.3 Å². The number of hydrogen-bond donors (Lipinski definition) is 1. The number of hydrazone groups is 1. The molecule has 6 heteroatoms. The van der Waals surface area contributed by atoms with Crippen molar-refractivity contribution in [2.75, 3.05) is 13.2 Å². The highest BCUT2D eigenvalue weighted by atomic mass is 79.9. The lowest BCUT2D eigenvalue weighted by molar-refractivity contribution is -0.123. The Balaban J connectivity index is 1.88. The summed E-state index contributed by atoms with van der Waals surface area (Å²) in [5.41, 5.74) is 3.22. The lowest BCUT2D eigenvalue weighted by Gasteiger charge is -2.08. The van der Waals surface area contributed by atoms with Crippen LogP contribution in [0.25, 0.3) is 0 Å². The number of nitrogens with zero attached hydrogens (tertiary/aromatic N) is 1. The van der Waals surface area contributed by atoms with Gasteiger partial charge in [0.05, 0.1) is 12.8 Å². The van der Waals surface area contributed by atoms with Crippen molar-refractivity contribution < 1.29 is 14.3 Å². The molecule has 0 spiro atoms. The first-order valence-corrected chi connectivity index (χ1v) is 8.40. The van der Waals surface area contributed by atoms with E-state index in [4.69, 9.17) is 9.47 Å². The van der Waals surface area contributed by atoms with Gasteiger partial charge in [0.1, 0.15) is 11.5 Å². The molecular weight excluding hydrogens is 372 g/mol. The number of halogens is 1. The molecule has 0 heterocycles. The van der Waals surface area contributed by atoms with Crippen molar-refractivity contribution in [2.45, 2.75) is 13.3 Å². The molecule has 24 heavy (non-hydrogen) atoms. The minimum Gasteiger partial charge on any atom is -0.493 e. The summed E-state index contributed by atoms with van der Waals surface area (Å²) < 4.78 is 11.9. The Morgan fingerprint density at radius 2 is 2.00 bits per heavy atom. The van der Waals surface area contributed by atoms with E-state index in [2.05, 4.69) is 26.5 Å².